The van der Waals surface area contributed by atoms with Gasteiger partial charge in [-0.3, -0.25) is 4.79 Å². The molecule has 0 bridgehead atoms. The summed E-state index contributed by atoms with van der Waals surface area (Å²) in [6, 6.07) is 0. The summed E-state index contributed by atoms with van der Waals surface area (Å²) in [5.41, 5.74) is 0. The minimum Gasteiger partial charge on any atom is -0.348 e. The molecular formula is C10H18NO. The maximum Gasteiger partial charge on any atom is 0.309 e. The molecule has 0 heterocycles. The summed E-state index contributed by atoms with van der Waals surface area (Å²) < 4.78 is 0. The molecule has 0 aromatic heterocycles. The van der Waals surface area contributed by atoms with Crippen molar-refractivity contribution in [2.75, 3.05) is 6.54 Å². The third kappa shape index (κ3) is 3.74. The van der Waals surface area contributed by atoms with E-state index >= 15 is 0 Å². The Bertz CT molecular complexity index is 117. The van der Waals surface area contributed by atoms with Crippen molar-refractivity contribution < 1.29 is 4.79 Å². The van der Waals surface area contributed by atoms with Gasteiger partial charge in [-0.15, -0.1) is 0 Å². The van der Waals surface area contributed by atoms with E-state index in [1.54, 1.807) is 6.41 Å². The molecule has 1 aliphatic carbocycles. The molecular weight excluding hydrogens is 150 g/mol. The Labute approximate surface area is 74.7 Å². The Morgan fingerprint density at radius 1 is 1.08 bits per heavy atom. The van der Waals surface area contributed by atoms with Crippen LogP contribution in [-0.4, -0.2) is 13.0 Å². The number of carbonyl (C=O) groups excluding carboxylic acids is 1. The molecule has 0 atom stereocenters. The van der Waals surface area contributed by atoms with Crippen LogP contribution in [0.5, 0.6) is 0 Å². The third-order valence-electron chi connectivity index (χ3n) is 2.69. The van der Waals surface area contributed by atoms with Crippen molar-refractivity contribution >= 4 is 6.41 Å². The van der Waals surface area contributed by atoms with Crippen LogP contribution < -0.4 is 5.32 Å². The molecule has 1 fully saturated rings. The molecule has 0 unspecified atom stereocenters. The zero-order valence-electron chi connectivity index (χ0n) is 7.64. The second kappa shape index (κ2) is 6.04. The van der Waals surface area contributed by atoms with Crippen LogP contribution in [0.3, 0.4) is 0 Å². The number of hydrogen-bond donors (Lipinski definition) is 1. The standard InChI is InChI=1S/C10H18NO/c12-9-11-8-10-6-4-2-1-3-5-7-10/h10H,1-8H2,(H,11,12). The first-order chi connectivity index (χ1) is 5.93. The lowest BCUT2D eigenvalue weighted by Crippen LogP contribution is -2.21. The summed E-state index contributed by atoms with van der Waals surface area (Å²) in [5.74, 6) is 0.715. The van der Waals surface area contributed by atoms with Gasteiger partial charge in [0.15, 0.2) is 0 Å². The van der Waals surface area contributed by atoms with E-state index in [0.29, 0.717) is 5.92 Å². The molecule has 1 N–H and O–H groups in total. The molecule has 2 heteroatoms. The lowest BCUT2D eigenvalue weighted by atomic mass is 9.91. The van der Waals surface area contributed by atoms with Crippen LogP contribution in [0.25, 0.3) is 0 Å². The molecule has 1 amide bonds. The molecule has 69 valence electrons. The van der Waals surface area contributed by atoms with E-state index in [0.717, 1.165) is 6.54 Å². The van der Waals surface area contributed by atoms with Gasteiger partial charge in [0.05, 0.1) is 0 Å². The second-order valence-corrected chi connectivity index (χ2v) is 3.69. The Morgan fingerprint density at radius 2 is 1.67 bits per heavy atom. The van der Waals surface area contributed by atoms with Crippen LogP contribution in [0.1, 0.15) is 44.9 Å². The highest BCUT2D eigenvalue weighted by atomic mass is 16.1. The van der Waals surface area contributed by atoms with Crippen molar-refractivity contribution in [1.82, 2.24) is 5.32 Å². The van der Waals surface area contributed by atoms with Gasteiger partial charge in [-0.25, -0.2) is 0 Å². The predicted octanol–water partition coefficient (Wildman–Crippen LogP) is 2.00. The van der Waals surface area contributed by atoms with Gasteiger partial charge in [-0.2, -0.15) is 0 Å². The fourth-order valence-electron chi connectivity index (χ4n) is 1.93. The first kappa shape index (κ1) is 9.56. The van der Waals surface area contributed by atoms with Gasteiger partial charge in [0, 0.05) is 6.54 Å². The lowest BCUT2D eigenvalue weighted by Gasteiger charge is -2.18. The summed E-state index contributed by atoms with van der Waals surface area (Å²) in [5, 5.41) is 2.66. The highest BCUT2D eigenvalue weighted by molar-refractivity contribution is 5.46. The summed E-state index contributed by atoms with van der Waals surface area (Å²) in [6.45, 7) is 0.837. The molecule has 1 rings (SSSR count). The van der Waals surface area contributed by atoms with Gasteiger partial charge in [0.1, 0.15) is 0 Å². The van der Waals surface area contributed by atoms with Gasteiger partial charge in [-0.1, -0.05) is 32.1 Å². The van der Waals surface area contributed by atoms with Crippen LogP contribution in [0, 0.1) is 5.92 Å². The van der Waals surface area contributed by atoms with Crippen molar-refractivity contribution in [3.63, 3.8) is 0 Å². The zero-order valence-corrected chi connectivity index (χ0v) is 7.64. The average molecular weight is 168 g/mol. The van der Waals surface area contributed by atoms with E-state index in [1.165, 1.54) is 44.9 Å². The van der Waals surface area contributed by atoms with Crippen LogP contribution in [0.4, 0.5) is 0 Å². The molecule has 0 saturated heterocycles. The van der Waals surface area contributed by atoms with Gasteiger partial charge < -0.3 is 5.32 Å². The second-order valence-electron chi connectivity index (χ2n) is 3.69. The molecule has 1 saturated carbocycles. The Hall–Kier alpha value is -0.530. The normalized spacial score (nSPS) is 21.0. The minimum absolute atomic E-state index is 0.715. The van der Waals surface area contributed by atoms with E-state index in [1.807, 2.05) is 0 Å². The number of hydrogen-bond acceptors (Lipinski definition) is 1. The minimum atomic E-state index is 0.715. The zero-order chi connectivity index (χ0) is 8.65. The highest BCUT2D eigenvalue weighted by Crippen LogP contribution is 2.21. The molecule has 0 aliphatic heterocycles. The smallest absolute Gasteiger partial charge is 0.309 e. The first-order valence-corrected chi connectivity index (χ1v) is 5.03. The molecule has 1 aliphatic rings. The maximum atomic E-state index is 9.97. The van der Waals surface area contributed by atoms with Crippen molar-refractivity contribution in [1.29, 1.82) is 0 Å². The molecule has 1 radical (unpaired) electrons. The SMILES string of the molecule is O=[C]NCC1CCCCCCC1. The maximum absolute atomic E-state index is 9.97. The summed E-state index contributed by atoms with van der Waals surface area (Å²) in [7, 11) is 0. The Kier molecular flexibility index (Phi) is 4.81. The van der Waals surface area contributed by atoms with Crippen LogP contribution in [-0.2, 0) is 4.79 Å². The Morgan fingerprint density at radius 3 is 2.25 bits per heavy atom. The summed E-state index contributed by atoms with van der Waals surface area (Å²) in [4.78, 5) is 9.97. The Balaban J connectivity index is 2.15. The highest BCUT2D eigenvalue weighted by Gasteiger charge is 2.10. The fraction of sp³-hybridized carbons (Fsp3) is 0.900. The summed E-state index contributed by atoms with van der Waals surface area (Å²) in [6.07, 6.45) is 11.2. The molecule has 0 aromatic carbocycles. The van der Waals surface area contributed by atoms with Crippen LogP contribution >= 0.6 is 0 Å². The average Bonchev–Trinajstić information content (AvgIpc) is 2.02. The topological polar surface area (TPSA) is 29.1 Å². The quantitative estimate of drug-likeness (QED) is 0.642. The molecule has 12 heavy (non-hydrogen) atoms. The number of nitrogens with one attached hydrogen (secondary N) is 1. The number of amides is 1. The van der Waals surface area contributed by atoms with Gasteiger partial charge in [-0.05, 0) is 18.8 Å². The van der Waals surface area contributed by atoms with Crippen molar-refractivity contribution in [3.8, 4) is 0 Å². The monoisotopic (exact) mass is 168 g/mol. The van der Waals surface area contributed by atoms with Gasteiger partial charge in [0.2, 0.25) is 0 Å². The van der Waals surface area contributed by atoms with Crippen LogP contribution in [0.15, 0.2) is 0 Å². The van der Waals surface area contributed by atoms with Gasteiger partial charge in [0.25, 0.3) is 0 Å². The largest absolute Gasteiger partial charge is 0.348 e. The summed E-state index contributed by atoms with van der Waals surface area (Å²) >= 11 is 0. The third-order valence-corrected chi connectivity index (χ3v) is 2.69. The van der Waals surface area contributed by atoms with Crippen molar-refractivity contribution in [3.05, 3.63) is 0 Å². The molecule has 0 aromatic rings. The number of rotatable bonds is 3. The van der Waals surface area contributed by atoms with Crippen LogP contribution in [0.2, 0.25) is 0 Å². The molecule has 0 spiro atoms. The first-order valence-electron chi connectivity index (χ1n) is 5.03. The van der Waals surface area contributed by atoms with Gasteiger partial charge >= 0.3 is 6.41 Å². The van der Waals surface area contributed by atoms with Crippen molar-refractivity contribution in [2.24, 2.45) is 5.92 Å². The molecule has 2 nitrogen and oxygen atoms in total. The van der Waals surface area contributed by atoms with E-state index < -0.39 is 0 Å². The van der Waals surface area contributed by atoms with E-state index in [9.17, 15) is 4.79 Å². The van der Waals surface area contributed by atoms with Crippen molar-refractivity contribution in [2.45, 2.75) is 44.9 Å². The predicted molar refractivity (Wildman–Crippen MR) is 49.5 cm³/mol. The lowest BCUT2D eigenvalue weighted by molar-refractivity contribution is 0.373. The fourth-order valence-corrected chi connectivity index (χ4v) is 1.93. The van der Waals surface area contributed by atoms with E-state index in [2.05, 4.69) is 5.32 Å². The van der Waals surface area contributed by atoms with E-state index in [-0.39, 0.29) is 0 Å². The van der Waals surface area contributed by atoms with E-state index in [4.69, 9.17) is 0 Å².